The summed E-state index contributed by atoms with van der Waals surface area (Å²) in [5.41, 5.74) is 5.99. The van der Waals surface area contributed by atoms with E-state index in [-0.39, 0.29) is 11.9 Å². The largest absolute Gasteiger partial charge is 0.489 e. The van der Waals surface area contributed by atoms with Crippen molar-refractivity contribution in [1.29, 1.82) is 5.41 Å². The fourth-order valence-electron chi connectivity index (χ4n) is 1.84. The van der Waals surface area contributed by atoms with Crippen LogP contribution in [-0.2, 0) is 4.74 Å². The van der Waals surface area contributed by atoms with E-state index >= 15 is 0 Å². The predicted octanol–water partition coefficient (Wildman–Crippen LogP) is 2.18. The van der Waals surface area contributed by atoms with Crippen LogP contribution >= 0.6 is 11.6 Å². The minimum absolute atomic E-state index is 0.0716. The van der Waals surface area contributed by atoms with E-state index in [1.807, 2.05) is 0 Å². The molecular weight excluding hydrogens is 240 g/mol. The third kappa shape index (κ3) is 2.90. The molecule has 92 valence electrons. The summed E-state index contributed by atoms with van der Waals surface area (Å²) >= 11 is 6.02. The summed E-state index contributed by atoms with van der Waals surface area (Å²) in [6, 6.07) is 5.29. The highest BCUT2D eigenvalue weighted by Gasteiger charge is 2.18. The highest BCUT2D eigenvalue weighted by Crippen LogP contribution is 2.28. The molecule has 0 bridgehead atoms. The van der Waals surface area contributed by atoms with E-state index in [2.05, 4.69) is 0 Å². The molecule has 2 rings (SSSR count). The van der Waals surface area contributed by atoms with Gasteiger partial charge >= 0.3 is 0 Å². The van der Waals surface area contributed by atoms with Crippen LogP contribution in [0, 0.1) is 5.41 Å². The van der Waals surface area contributed by atoms with Crippen LogP contribution in [-0.4, -0.2) is 25.2 Å². The molecule has 0 unspecified atom stereocenters. The van der Waals surface area contributed by atoms with E-state index in [1.165, 1.54) is 0 Å². The number of ether oxygens (including phenoxy) is 2. The van der Waals surface area contributed by atoms with Crippen LogP contribution in [0.5, 0.6) is 5.75 Å². The first-order chi connectivity index (χ1) is 8.18. The monoisotopic (exact) mass is 254 g/mol. The molecule has 0 saturated carbocycles. The molecule has 4 nitrogen and oxygen atoms in total. The van der Waals surface area contributed by atoms with Gasteiger partial charge in [-0.25, -0.2) is 0 Å². The van der Waals surface area contributed by atoms with Crippen molar-refractivity contribution in [3.63, 3.8) is 0 Å². The number of halogens is 1. The fourth-order valence-corrected chi connectivity index (χ4v) is 2.10. The lowest BCUT2D eigenvalue weighted by atomic mass is 10.1. The van der Waals surface area contributed by atoms with Gasteiger partial charge in [-0.1, -0.05) is 17.7 Å². The Hall–Kier alpha value is -1.26. The van der Waals surface area contributed by atoms with Gasteiger partial charge < -0.3 is 15.2 Å². The van der Waals surface area contributed by atoms with Crippen molar-refractivity contribution in [1.82, 2.24) is 0 Å². The average molecular weight is 255 g/mol. The number of hydrogen-bond donors (Lipinski definition) is 2. The fraction of sp³-hybridized carbons (Fsp3) is 0.417. The average Bonchev–Trinajstić information content (AvgIpc) is 2.30. The Labute approximate surface area is 105 Å². The Morgan fingerprint density at radius 1 is 1.41 bits per heavy atom. The third-order valence-electron chi connectivity index (χ3n) is 2.71. The maximum Gasteiger partial charge on any atom is 0.132 e. The van der Waals surface area contributed by atoms with E-state index in [9.17, 15) is 0 Å². The van der Waals surface area contributed by atoms with Gasteiger partial charge in [0, 0.05) is 12.8 Å². The molecule has 1 aromatic carbocycles. The van der Waals surface area contributed by atoms with Crippen LogP contribution in [0.2, 0.25) is 5.02 Å². The van der Waals surface area contributed by atoms with Gasteiger partial charge in [0.1, 0.15) is 17.7 Å². The molecular formula is C12H15ClN2O2. The molecule has 1 saturated heterocycles. The first-order valence-corrected chi connectivity index (χ1v) is 5.93. The summed E-state index contributed by atoms with van der Waals surface area (Å²) < 4.78 is 11.1. The molecule has 1 aromatic rings. The van der Waals surface area contributed by atoms with Crippen molar-refractivity contribution in [3.8, 4) is 5.75 Å². The van der Waals surface area contributed by atoms with Crippen molar-refractivity contribution in [2.45, 2.75) is 18.9 Å². The van der Waals surface area contributed by atoms with Gasteiger partial charge in [0.15, 0.2) is 0 Å². The summed E-state index contributed by atoms with van der Waals surface area (Å²) in [4.78, 5) is 0. The zero-order chi connectivity index (χ0) is 12.3. The van der Waals surface area contributed by atoms with E-state index in [0.717, 1.165) is 12.8 Å². The lowest BCUT2D eigenvalue weighted by Gasteiger charge is -2.24. The number of hydrogen-bond acceptors (Lipinski definition) is 3. The van der Waals surface area contributed by atoms with Crippen molar-refractivity contribution < 1.29 is 9.47 Å². The molecule has 1 aliphatic rings. The molecule has 0 radical (unpaired) electrons. The lowest BCUT2D eigenvalue weighted by Crippen LogP contribution is -2.27. The minimum atomic E-state index is -0.0716. The smallest absolute Gasteiger partial charge is 0.132 e. The van der Waals surface area contributed by atoms with Gasteiger partial charge in [-0.15, -0.1) is 0 Å². The van der Waals surface area contributed by atoms with Crippen LogP contribution in [0.25, 0.3) is 0 Å². The molecule has 17 heavy (non-hydrogen) atoms. The molecule has 1 fully saturated rings. The zero-order valence-electron chi connectivity index (χ0n) is 9.41. The molecule has 1 heterocycles. The summed E-state index contributed by atoms with van der Waals surface area (Å²) in [5, 5.41) is 7.97. The Morgan fingerprint density at radius 3 is 2.76 bits per heavy atom. The molecule has 3 N–H and O–H groups in total. The van der Waals surface area contributed by atoms with Crippen LogP contribution in [0.3, 0.4) is 0 Å². The second kappa shape index (κ2) is 5.38. The Morgan fingerprint density at radius 2 is 2.12 bits per heavy atom. The Bertz CT molecular complexity index is 417. The minimum Gasteiger partial charge on any atom is -0.489 e. The number of rotatable bonds is 3. The van der Waals surface area contributed by atoms with E-state index < -0.39 is 0 Å². The Kier molecular flexibility index (Phi) is 3.86. The quantitative estimate of drug-likeness (QED) is 0.642. The van der Waals surface area contributed by atoms with E-state index in [4.69, 9.17) is 32.2 Å². The second-order valence-electron chi connectivity index (χ2n) is 3.96. The predicted molar refractivity (Wildman–Crippen MR) is 66.9 cm³/mol. The summed E-state index contributed by atoms with van der Waals surface area (Å²) in [7, 11) is 0. The van der Waals surface area contributed by atoms with Gasteiger partial charge in [-0.3, -0.25) is 5.41 Å². The van der Waals surface area contributed by atoms with Crippen molar-refractivity contribution in [2.24, 2.45) is 5.73 Å². The van der Waals surface area contributed by atoms with Gasteiger partial charge in [0.25, 0.3) is 0 Å². The highest BCUT2D eigenvalue weighted by molar-refractivity contribution is 6.34. The standard InChI is InChI=1S/C12H15ClN2O2/c13-9-2-1-3-10(11(9)12(14)15)17-8-4-6-16-7-5-8/h1-3,8H,4-7H2,(H3,14,15). The number of benzene rings is 1. The van der Waals surface area contributed by atoms with Crippen molar-refractivity contribution >= 4 is 17.4 Å². The van der Waals surface area contributed by atoms with E-state index in [0.29, 0.717) is 29.5 Å². The maximum atomic E-state index is 7.52. The molecule has 5 heteroatoms. The van der Waals surface area contributed by atoms with Crippen LogP contribution in [0.1, 0.15) is 18.4 Å². The molecule has 0 aromatic heterocycles. The normalized spacial score (nSPS) is 16.8. The third-order valence-corrected chi connectivity index (χ3v) is 3.02. The topological polar surface area (TPSA) is 68.3 Å². The molecule has 0 aliphatic carbocycles. The van der Waals surface area contributed by atoms with Crippen molar-refractivity contribution in [2.75, 3.05) is 13.2 Å². The zero-order valence-corrected chi connectivity index (χ0v) is 10.2. The van der Waals surface area contributed by atoms with Gasteiger partial charge in [0.2, 0.25) is 0 Å². The van der Waals surface area contributed by atoms with E-state index in [1.54, 1.807) is 18.2 Å². The second-order valence-corrected chi connectivity index (χ2v) is 4.36. The van der Waals surface area contributed by atoms with Crippen molar-refractivity contribution in [3.05, 3.63) is 28.8 Å². The number of nitrogens with one attached hydrogen (secondary N) is 1. The lowest BCUT2D eigenvalue weighted by molar-refractivity contribution is 0.0255. The van der Waals surface area contributed by atoms with Crippen LogP contribution in [0.15, 0.2) is 18.2 Å². The number of amidine groups is 1. The highest BCUT2D eigenvalue weighted by atomic mass is 35.5. The molecule has 0 amide bonds. The van der Waals surface area contributed by atoms with Gasteiger partial charge in [-0.05, 0) is 12.1 Å². The number of nitrogens with two attached hydrogens (primary N) is 1. The SMILES string of the molecule is N=C(N)c1c(Cl)cccc1OC1CCOCC1. The number of nitrogen functional groups attached to an aromatic ring is 1. The summed E-state index contributed by atoms with van der Waals surface area (Å²) in [6.45, 7) is 1.42. The van der Waals surface area contributed by atoms with Crippen LogP contribution < -0.4 is 10.5 Å². The Balaban J connectivity index is 2.19. The molecule has 0 atom stereocenters. The van der Waals surface area contributed by atoms with Gasteiger partial charge in [0.05, 0.1) is 23.8 Å². The van der Waals surface area contributed by atoms with Gasteiger partial charge in [-0.2, -0.15) is 0 Å². The summed E-state index contributed by atoms with van der Waals surface area (Å²) in [6.07, 6.45) is 1.81. The first-order valence-electron chi connectivity index (χ1n) is 5.56. The molecule has 0 spiro atoms. The molecule has 1 aliphatic heterocycles. The summed E-state index contributed by atoms with van der Waals surface area (Å²) in [5.74, 6) is 0.509. The van der Waals surface area contributed by atoms with Crippen LogP contribution in [0.4, 0.5) is 0 Å². The maximum absolute atomic E-state index is 7.52. The first kappa shape index (κ1) is 12.2.